The number of nitrogens with one attached hydrogen (secondary N) is 1. The standard InChI is InChI=1S/C14H17BrN2O3S/c1-8-6-11(4-5-13(8)15)17-21(18,19)14-10(3)20-9(2)12(14)7-16/h4-6,17H,7,16H2,1-3H3. The van der Waals surface area contributed by atoms with Crippen molar-refractivity contribution in [2.75, 3.05) is 4.72 Å². The molecule has 1 aromatic carbocycles. The first-order valence-electron chi connectivity index (χ1n) is 6.34. The molecule has 0 aliphatic heterocycles. The molecule has 3 N–H and O–H groups in total. The highest BCUT2D eigenvalue weighted by Crippen LogP contribution is 2.29. The van der Waals surface area contributed by atoms with Gasteiger partial charge in [-0.3, -0.25) is 4.72 Å². The van der Waals surface area contributed by atoms with Gasteiger partial charge in [-0.05, 0) is 44.5 Å². The molecule has 0 unspecified atom stereocenters. The van der Waals surface area contributed by atoms with Crippen LogP contribution in [-0.2, 0) is 16.6 Å². The molecule has 0 bridgehead atoms. The maximum absolute atomic E-state index is 12.6. The third-order valence-corrected chi connectivity index (χ3v) is 5.67. The Kier molecular flexibility index (Phi) is 4.46. The zero-order valence-corrected chi connectivity index (χ0v) is 14.4. The Hall–Kier alpha value is -1.31. The minimum Gasteiger partial charge on any atom is -0.465 e. The second-order valence-electron chi connectivity index (χ2n) is 4.80. The lowest BCUT2D eigenvalue weighted by molar-refractivity contribution is 0.494. The summed E-state index contributed by atoms with van der Waals surface area (Å²) in [5, 5.41) is 0. The molecule has 0 amide bonds. The summed E-state index contributed by atoms with van der Waals surface area (Å²) < 4.78 is 34.0. The minimum absolute atomic E-state index is 0.110. The molecule has 1 aromatic heterocycles. The quantitative estimate of drug-likeness (QED) is 0.862. The van der Waals surface area contributed by atoms with Gasteiger partial charge in [0.1, 0.15) is 16.4 Å². The van der Waals surface area contributed by atoms with Crippen LogP contribution < -0.4 is 10.5 Å². The SMILES string of the molecule is Cc1cc(NS(=O)(=O)c2c(C)oc(C)c2CN)ccc1Br. The predicted molar refractivity (Wildman–Crippen MR) is 85.8 cm³/mol. The van der Waals surface area contributed by atoms with Crippen molar-refractivity contribution in [3.05, 3.63) is 45.3 Å². The van der Waals surface area contributed by atoms with Crippen molar-refractivity contribution in [3.63, 3.8) is 0 Å². The van der Waals surface area contributed by atoms with Crippen molar-refractivity contribution in [1.82, 2.24) is 0 Å². The number of sulfonamides is 1. The zero-order valence-electron chi connectivity index (χ0n) is 12.0. The average Bonchev–Trinajstić information content (AvgIpc) is 2.68. The van der Waals surface area contributed by atoms with Gasteiger partial charge in [-0.2, -0.15) is 0 Å². The number of aryl methyl sites for hydroxylation is 3. The molecule has 0 saturated carbocycles. The molecule has 0 spiro atoms. The molecule has 0 aliphatic carbocycles. The number of benzene rings is 1. The summed E-state index contributed by atoms with van der Waals surface area (Å²) >= 11 is 3.38. The normalized spacial score (nSPS) is 11.7. The Labute approximate surface area is 132 Å². The third-order valence-electron chi connectivity index (χ3n) is 3.21. The molecule has 2 aromatic rings. The Bertz CT molecular complexity index is 782. The zero-order chi connectivity index (χ0) is 15.8. The monoisotopic (exact) mass is 372 g/mol. The second kappa shape index (κ2) is 5.82. The van der Waals surface area contributed by atoms with Crippen molar-refractivity contribution < 1.29 is 12.8 Å². The first-order chi connectivity index (χ1) is 9.76. The minimum atomic E-state index is -3.73. The molecule has 114 valence electrons. The fourth-order valence-electron chi connectivity index (χ4n) is 2.21. The van der Waals surface area contributed by atoms with Gasteiger partial charge in [0, 0.05) is 22.3 Å². The number of furan rings is 1. The maximum Gasteiger partial charge on any atom is 0.265 e. The topological polar surface area (TPSA) is 85.3 Å². The molecule has 5 nitrogen and oxygen atoms in total. The number of nitrogens with two attached hydrogens (primary N) is 1. The lowest BCUT2D eigenvalue weighted by atomic mass is 10.2. The summed E-state index contributed by atoms with van der Waals surface area (Å²) in [6, 6.07) is 5.25. The van der Waals surface area contributed by atoms with E-state index in [0.717, 1.165) is 10.0 Å². The fraction of sp³-hybridized carbons (Fsp3) is 0.286. The van der Waals surface area contributed by atoms with Gasteiger partial charge < -0.3 is 10.2 Å². The molecule has 2 rings (SSSR count). The highest BCUT2D eigenvalue weighted by molar-refractivity contribution is 9.10. The smallest absolute Gasteiger partial charge is 0.265 e. The number of rotatable bonds is 4. The molecule has 21 heavy (non-hydrogen) atoms. The number of halogens is 1. The van der Waals surface area contributed by atoms with Crippen LogP contribution in [0.5, 0.6) is 0 Å². The summed E-state index contributed by atoms with van der Waals surface area (Å²) in [6.07, 6.45) is 0. The first-order valence-corrected chi connectivity index (χ1v) is 8.61. The summed E-state index contributed by atoms with van der Waals surface area (Å²) in [4.78, 5) is 0.128. The summed E-state index contributed by atoms with van der Waals surface area (Å²) in [6.45, 7) is 5.32. The van der Waals surface area contributed by atoms with E-state index in [0.29, 0.717) is 22.8 Å². The van der Waals surface area contributed by atoms with Crippen LogP contribution in [0.15, 0.2) is 32.0 Å². The van der Waals surface area contributed by atoms with Crippen LogP contribution in [0.3, 0.4) is 0 Å². The van der Waals surface area contributed by atoms with E-state index in [-0.39, 0.29) is 11.4 Å². The van der Waals surface area contributed by atoms with Gasteiger partial charge in [0.25, 0.3) is 10.0 Å². The third kappa shape index (κ3) is 3.14. The summed E-state index contributed by atoms with van der Waals surface area (Å²) in [5.74, 6) is 0.872. The fourth-order valence-corrected chi connectivity index (χ4v) is 3.97. The van der Waals surface area contributed by atoms with Crippen molar-refractivity contribution >= 4 is 31.6 Å². The number of hydrogen-bond donors (Lipinski definition) is 2. The van der Waals surface area contributed by atoms with Crippen molar-refractivity contribution in [3.8, 4) is 0 Å². The Balaban J connectivity index is 2.45. The highest BCUT2D eigenvalue weighted by atomic mass is 79.9. The van der Waals surface area contributed by atoms with E-state index in [1.165, 1.54) is 0 Å². The van der Waals surface area contributed by atoms with Gasteiger partial charge in [0.05, 0.1) is 0 Å². The Morgan fingerprint density at radius 1 is 1.24 bits per heavy atom. The number of anilines is 1. The van der Waals surface area contributed by atoms with Crippen molar-refractivity contribution in [2.45, 2.75) is 32.2 Å². The highest BCUT2D eigenvalue weighted by Gasteiger charge is 2.26. The van der Waals surface area contributed by atoms with E-state index in [1.807, 2.05) is 6.92 Å². The van der Waals surface area contributed by atoms with Crippen LogP contribution in [0.25, 0.3) is 0 Å². The number of hydrogen-bond acceptors (Lipinski definition) is 4. The van der Waals surface area contributed by atoms with Gasteiger partial charge >= 0.3 is 0 Å². The Morgan fingerprint density at radius 2 is 1.90 bits per heavy atom. The van der Waals surface area contributed by atoms with Crippen LogP contribution in [-0.4, -0.2) is 8.42 Å². The lowest BCUT2D eigenvalue weighted by Gasteiger charge is -2.10. The lowest BCUT2D eigenvalue weighted by Crippen LogP contribution is -2.16. The second-order valence-corrected chi connectivity index (χ2v) is 7.27. The first kappa shape index (κ1) is 16.1. The van der Waals surface area contributed by atoms with Crippen LogP contribution in [0, 0.1) is 20.8 Å². The van der Waals surface area contributed by atoms with E-state index in [2.05, 4.69) is 20.7 Å². The molecule has 0 saturated heterocycles. The van der Waals surface area contributed by atoms with Crippen LogP contribution >= 0.6 is 15.9 Å². The molecule has 0 fully saturated rings. The van der Waals surface area contributed by atoms with Crippen molar-refractivity contribution in [1.29, 1.82) is 0 Å². The van der Waals surface area contributed by atoms with Crippen LogP contribution in [0.2, 0.25) is 0 Å². The molecule has 0 radical (unpaired) electrons. The van der Waals surface area contributed by atoms with Crippen molar-refractivity contribution in [2.24, 2.45) is 5.73 Å². The Morgan fingerprint density at radius 3 is 2.48 bits per heavy atom. The molecule has 0 atom stereocenters. The van der Waals surface area contributed by atoms with Gasteiger partial charge in [-0.15, -0.1) is 0 Å². The molecule has 7 heteroatoms. The van der Waals surface area contributed by atoms with Gasteiger partial charge in [-0.25, -0.2) is 8.42 Å². The molecule has 1 heterocycles. The predicted octanol–water partition coefficient (Wildman–Crippen LogP) is 3.23. The van der Waals surface area contributed by atoms with E-state index < -0.39 is 10.0 Å². The van der Waals surface area contributed by atoms with Gasteiger partial charge in [0.2, 0.25) is 0 Å². The molecule has 0 aliphatic rings. The van der Waals surface area contributed by atoms with E-state index in [9.17, 15) is 8.42 Å². The van der Waals surface area contributed by atoms with Crippen LogP contribution in [0.4, 0.5) is 5.69 Å². The van der Waals surface area contributed by atoms with E-state index >= 15 is 0 Å². The largest absolute Gasteiger partial charge is 0.465 e. The maximum atomic E-state index is 12.6. The van der Waals surface area contributed by atoms with Gasteiger partial charge in [0.15, 0.2) is 0 Å². The van der Waals surface area contributed by atoms with E-state index in [1.54, 1.807) is 32.0 Å². The van der Waals surface area contributed by atoms with E-state index in [4.69, 9.17) is 10.2 Å². The average molecular weight is 373 g/mol. The molecular formula is C14H17BrN2O3S. The van der Waals surface area contributed by atoms with Gasteiger partial charge in [-0.1, -0.05) is 15.9 Å². The summed E-state index contributed by atoms with van der Waals surface area (Å²) in [5.41, 5.74) is 7.58. The molecular weight excluding hydrogens is 356 g/mol. The summed E-state index contributed by atoms with van der Waals surface area (Å²) in [7, 11) is -3.73. The van der Waals surface area contributed by atoms with Crippen LogP contribution in [0.1, 0.15) is 22.6 Å².